The van der Waals surface area contributed by atoms with Crippen LogP contribution in [-0.4, -0.2) is 25.2 Å². The summed E-state index contributed by atoms with van der Waals surface area (Å²) < 4.78 is 10.1. The van der Waals surface area contributed by atoms with Crippen molar-refractivity contribution >= 4 is 11.9 Å². The van der Waals surface area contributed by atoms with Crippen molar-refractivity contribution in [1.82, 2.24) is 0 Å². The van der Waals surface area contributed by atoms with E-state index in [-0.39, 0.29) is 31.1 Å². The van der Waals surface area contributed by atoms with Gasteiger partial charge in [-0.3, -0.25) is 9.59 Å². The van der Waals surface area contributed by atoms with E-state index in [9.17, 15) is 9.59 Å². The first kappa shape index (κ1) is 19.0. The van der Waals surface area contributed by atoms with Crippen LogP contribution < -0.4 is 0 Å². The molecule has 0 saturated heterocycles. The van der Waals surface area contributed by atoms with E-state index in [0.717, 1.165) is 37.5 Å². The highest BCUT2D eigenvalue weighted by atomic mass is 16.6. The monoisotopic (exact) mass is 312 g/mol. The fourth-order valence-corrected chi connectivity index (χ4v) is 3.02. The van der Waals surface area contributed by atoms with E-state index in [0.29, 0.717) is 6.42 Å². The first-order chi connectivity index (χ1) is 10.5. The Balaban J connectivity index is 2.10. The number of hydrogen-bond donors (Lipinski definition) is 0. The van der Waals surface area contributed by atoms with Crippen LogP contribution in [0.3, 0.4) is 0 Å². The summed E-state index contributed by atoms with van der Waals surface area (Å²) in [4.78, 5) is 22.9. The molecule has 1 saturated carbocycles. The molecule has 0 atom stereocenters. The molecule has 0 aliphatic heterocycles. The van der Waals surface area contributed by atoms with Crippen LogP contribution in [0.1, 0.15) is 72.1 Å². The Bertz CT molecular complexity index is 330. The Kier molecular flexibility index (Phi) is 9.17. The van der Waals surface area contributed by atoms with Crippen LogP contribution in [0.25, 0.3) is 0 Å². The second-order valence-electron chi connectivity index (χ2n) is 6.78. The van der Waals surface area contributed by atoms with Gasteiger partial charge in [-0.15, -0.1) is 0 Å². The normalized spacial score (nSPS) is 21.6. The third-order valence-corrected chi connectivity index (χ3v) is 4.45. The molecule has 1 aliphatic rings. The van der Waals surface area contributed by atoms with Gasteiger partial charge in [-0.1, -0.05) is 40.0 Å². The number of esters is 2. The molecule has 4 heteroatoms. The number of rotatable bonds is 9. The van der Waals surface area contributed by atoms with E-state index < -0.39 is 0 Å². The van der Waals surface area contributed by atoms with Crippen molar-refractivity contribution in [2.75, 3.05) is 13.2 Å². The first-order valence-electron chi connectivity index (χ1n) is 8.85. The Morgan fingerprint density at radius 1 is 1.05 bits per heavy atom. The lowest BCUT2D eigenvalue weighted by Gasteiger charge is -2.27. The molecule has 1 fully saturated rings. The topological polar surface area (TPSA) is 52.6 Å². The lowest BCUT2D eigenvalue weighted by molar-refractivity contribution is -0.156. The van der Waals surface area contributed by atoms with Gasteiger partial charge in [-0.05, 0) is 37.5 Å². The van der Waals surface area contributed by atoms with Crippen molar-refractivity contribution in [3.8, 4) is 0 Å². The highest BCUT2D eigenvalue weighted by Crippen LogP contribution is 2.32. The summed E-state index contributed by atoms with van der Waals surface area (Å²) in [5.74, 6) is 1.25. The molecule has 0 aromatic carbocycles. The molecule has 128 valence electrons. The van der Waals surface area contributed by atoms with Gasteiger partial charge in [0.25, 0.3) is 0 Å². The SMILES string of the molecule is CCC(=O)OCCOC(=O)C1CCC(CCCC(C)C)CC1. The highest BCUT2D eigenvalue weighted by molar-refractivity contribution is 5.72. The molecule has 0 radical (unpaired) electrons. The van der Waals surface area contributed by atoms with Crippen LogP contribution in [0.5, 0.6) is 0 Å². The average Bonchev–Trinajstić information content (AvgIpc) is 2.51. The van der Waals surface area contributed by atoms with Crippen molar-refractivity contribution in [3.05, 3.63) is 0 Å². The van der Waals surface area contributed by atoms with E-state index in [4.69, 9.17) is 9.47 Å². The van der Waals surface area contributed by atoms with Crippen molar-refractivity contribution in [2.45, 2.75) is 72.1 Å². The standard InChI is InChI=1S/C18H32O4/c1-4-17(19)21-12-13-22-18(20)16-10-8-15(9-11-16)7-5-6-14(2)3/h14-16H,4-13H2,1-3H3. The predicted molar refractivity (Wildman–Crippen MR) is 86.3 cm³/mol. The molecule has 0 amide bonds. The minimum Gasteiger partial charge on any atom is -0.462 e. The lowest BCUT2D eigenvalue weighted by Crippen LogP contribution is -2.25. The summed E-state index contributed by atoms with van der Waals surface area (Å²) in [5.41, 5.74) is 0. The molecule has 0 N–H and O–H groups in total. The van der Waals surface area contributed by atoms with Gasteiger partial charge in [0.1, 0.15) is 13.2 Å². The van der Waals surface area contributed by atoms with Crippen LogP contribution in [0.15, 0.2) is 0 Å². The van der Waals surface area contributed by atoms with E-state index in [2.05, 4.69) is 13.8 Å². The number of carbonyl (C=O) groups is 2. The predicted octanol–water partition coefficient (Wildman–Crippen LogP) is 4.12. The minimum atomic E-state index is -0.252. The van der Waals surface area contributed by atoms with Gasteiger partial charge in [0.05, 0.1) is 5.92 Å². The second kappa shape index (κ2) is 10.6. The summed E-state index contributed by atoms with van der Waals surface area (Å²) in [6, 6.07) is 0. The maximum Gasteiger partial charge on any atom is 0.309 e. The minimum absolute atomic E-state index is 0.0447. The Morgan fingerprint density at radius 3 is 2.27 bits per heavy atom. The van der Waals surface area contributed by atoms with Crippen molar-refractivity contribution in [1.29, 1.82) is 0 Å². The van der Waals surface area contributed by atoms with Gasteiger partial charge < -0.3 is 9.47 Å². The number of carbonyl (C=O) groups excluding carboxylic acids is 2. The van der Waals surface area contributed by atoms with Gasteiger partial charge in [0.2, 0.25) is 0 Å². The molecule has 0 bridgehead atoms. The Labute approximate surface area is 134 Å². The molecule has 0 aromatic heterocycles. The molecule has 0 unspecified atom stereocenters. The summed E-state index contributed by atoms with van der Waals surface area (Å²) in [5, 5.41) is 0. The van der Waals surface area contributed by atoms with E-state index >= 15 is 0 Å². The van der Waals surface area contributed by atoms with Gasteiger partial charge >= 0.3 is 11.9 Å². The molecule has 0 aromatic rings. The molecule has 1 rings (SSSR count). The fraction of sp³-hybridized carbons (Fsp3) is 0.889. The lowest BCUT2D eigenvalue weighted by atomic mass is 9.79. The van der Waals surface area contributed by atoms with Gasteiger partial charge in [-0.2, -0.15) is 0 Å². The summed E-state index contributed by atoms with van der Waals surface area (Å²) in [7, 11) is 0. The zero-order valence-electron chi connectivity index (χ0n) is 14.4. The number of hydrogen-bond acceptors (Lipinski definition) is 4. The van der Waals surface area contributed by atoms with Crippen LogP contribution in [0.2, 0.25) is 0 Å². The molecule has 0 heterocycles. The zero-order chi connectivity index (χ0) is 16.4. The third kappa shape index (κ3) is 7.81. The zero-order valence-corrected chi connectivity index (χ0v) is 14.4. The van der Waals surface area contributed by atoms with Crippen LogP contribution in [0.4, 0.5) is 0 Å². The van der Waals surface area contributed by atoms with Crippen LogP contribution >= 0.6 is 0 Å². The van der Waals surface area contributed by atoms with E-state index in [1.54, 1.807) is 6.92 Å². The van der Waals surface area contributed by atoms with Crippen molar-refractivity contribution in [3.63, 3.8) is 0 Å². The third-order valence-electron chi connectivity index (χ3n) is 4.45. The van der Waals surface area contributed by atoms with Gasteiger partial charge in [0.15, 0.2) is 0 Å². The molecule has 1 aliphatic carbocycles. The van der Waals surface area contributed by atoms with Crippen LogP contribution in [-0.2, 0) is 19.1 Å². The smallest absolute Gasteiger partial charge is 0.309 e. The second-order valence-corrected chi connectivity index (χ2v) is 6.78. The molecular weight excluding hydrogens is 280 g/mol. The largest absolute Gasteiger partial charge is 0.462 e. The fourth-order valence-electron chi connectivity index (χ4n) is 3.02. The maximum absolute atomic E-state index is 12.0. The highest BCUT2D eigenvalue weighted by Gasteiger charge is 2.27. The first-order valence-corrected chi connectivity index (χ1v) is 8.85. The number of ether oxygens (including phenoxy) is 2. The summed E-state index contributed by atoms with van der Waals surface area (Å²) in [6.45, 7) is 6.63. The van der Waals surface area contributed by atoms with E-state index in [1.165, 1.54) is 19.3 Å². The van der Waals surface area contributed by atoms with Crippen LogP contribution in [0, 0.1) is 17.8 Å². The molecular formula is C18H32O4. The van der Waals surface area contributed by atoms with Gasteiger partial charge in [-0.25, -0.2) is 0 Å². The molecule has 22 heavy (non-hydrogen) atoms. The summed E-state index contributed by atoms with van der Waals surface area (Å²) in [6.07, 6.45) is 8.44. The van der Waals surface area contributed by atoms with Crippen molar-refractivity contribution < 1.29 is 19.1 Å². The summed E-state index contributed by atoms with van der Waals surface area (Å²) >= 11 is 0. The van der Waals surface area contributed by atoms with Crippen molar-refractivity contribution in [2.24, 2.45) is 17.8 Å². The molecule has 4 nitrogen and oxygen atoms in total. The maximum atomic E-state index is 12.0. The Hall–Kier alpha value is -1.06. The average molecular weight is 312 g/mol. The van der Waals surface area contributed by atoms with E-state index in [1.807, 2.05) is 0 Å². The Morgan fingerprint density at radius 2 is 1.68 bits per heavy atom. The molecule has 0 spiro atoms. The quantitative estimate of drug-likeness (QED) is 0.475. The van der Waals surface area contributed by atoms with Gasteiger partial charge in [0, 0.05) is 6.42 Å².